The second-order valence-electron chi connectivity index (χ2n) is 5.26. The fourth-order valence-electron chi connectivity index (χ4n) is 2.61. The Morgan fingerprint density at radius 1 is 1.38 bits per heavy atom. The van der Waals surface area contributed by atoms with E-state index in [0.29, 0.717) is 37.4 Å². The van der Waals surface area contributed by atoms with Crippen molar-refractivity contribution < 1.29 is 9.84 Å². The van der Waals surface area contributed by atoms with Crippen LogP contribution in [0.15, 0.2) is 4.79 Å². The third kappa shape index (κ3) is 3.09. The number of pyridine rings is 1. The Morgan fingerprint density at radius 2 is 2.05 bits per heavy atom. The zero-order chi connectivity index (χ0) is 15.4. The molecule has 0 unspecified atom stereocenters. The monoisotopic (exact) mass is 291 g/mol. The Kier molecular flexibility index (Phi) is 4.99. The molecule has 2 rings (SSSR count). The third-order valence-corrected chi connectivity index (χ3v) is 3.86. The minimum Gasteiger partial charge on any atom is -0.494 e. The first-order valence-electron chi connectivity index (χ1n) is 7.25. The number of rotatable bonds is 4. The SMILES string of the molecule is CCCn1c(O)c(CN2CCOCC2)c(C)c(C#N)c1=O. The Labute approximate surface area is 124 Å². The Hall–Kier alpha value is -1.84. The summed E-state index contributed by atoms with van der Waals surface area (Å²) in [6, 6.07) is 1.98. The number of hydrogen-bond donors (Lipinski definition) is 1. The van der Waals surface area contributed by atoms with Crippen molar-refractivity contribution in [3.63, 3.8) is 0 Å². The molecule has 0 bridgehead atoms. The molecule has 0 aromatic carbocycles. The zero-order valence-corrected chi connectivity index (χ0v) is 12.6. The van der Waals surface area contributed by atoms with Crippen molar-refractivity contribution >= 4 is 0 Å². The van der Waals surface area contributed by atoms with Gasteiger partial charge in [-0.2, -0.15) is 5.26 Å². The Bertz CT molecular complexity index is 610. The van der Waals surface area contributed by atoms with E-state index in [-0.39, 0.29) is 11.4 Å². The molecule has 1 aromatic heterocycles. The van der Waals surface area contributed by atoms with E-state index >= 15 is 0 Å². The molecule has 114 valence electrons. The summed E-state index contributed by atoms with van der Waals surface area (Å²) in [6.45, 7) is 7.50. The van der Waals surface area contributed by atoms with Crippen LogP contribution in [0, 0.1) is 18.3 Å². The van der Waals surface area contributed by atoms with Crippen LogP contribution in [0.5, 0.6) is 5.88 Å². The van der Waals surface area contributed by atoms with Gasteiger partial charge in [-0.3, -0.25) is 14.3 Å². The van der Waals surface area contributed by atoms with Gasteiger partial charge in [0, 0.05) is 31.7 Å². The average molecular weight is 291 g/mol. The van der Waals surface area contributed by atoms with Gasteiger partial charge in [-0.05, 0) is 18.9 Å². The van der Waals surface area contributed by atoms with Crippen molar-refractivity contribution in [3.8, 4) is 11.9 Å². The molecular formula is C15H21N3O3. The van der Waals surface area contributed by atoms with Gasteiger partial charge in [0.05, 0.1) is 13.2 Å². The normalized spacial score (nSPS) is 15.9. The summed E-state index contributed by atoms with van der Waals surface area (Å²) in [6.07, 6.45) is 0.721. The minimum atomic E-state index is -0.403. The van der Waals surface area contributed by atoms with Crippen LogP contribution in [0.1, 0.15) is 30.0 Å². The molecule has 21 heavy (non-hydrogen) atoms. The van der Waals surface area contributed by atoms with Crippen LogP contribution in [0.4, 0.5) is 0 Å². The van der Waals surface area contributed by atoms with Crippen LogP contribution in [-0.2, 0) is 17.8 Å². The largest absolute Gasteiger partial charge is 0.494 e. The quantitative estimate of drug-likeness (QED) is 0.894. The second-order valence-corrected chi connectivity index (χ2v) is 5.26. The molecule has 0 amide bonds. The first kappa shape index (κ1) is 15.5. The number of aromatic nitrogens is 1. The first-order chi connectivity index (χ1) is 10.1. The van der Waals surface area contributed by atoms with E-state index in [0.717, 1.165) is 19.5 Å². The summed E-state index contributed by atoms with van der Waals surface area (Å²) < 4.78 is 6.62. The molecule has 0 spiro atoms. The third-order valence-electron chi connectivity index (χ3n) is 3.86. The topological polar surface area (TPSA) is 78.5 Å². The van der Waals surface area contributed by atoms with Crippen LogP contribution in [0.3, 0.4) is 0 Å². The average Bonchev–Trinajstić information content (AvgIpc) is 2.50. The van der Waals surface area contributed by atoms with Gasteiger partial charge in [-0.15, -0.1) is 0 Å². The summed E-state index contributed by atoms with van der Waals surface area (Å²) in [7, 11) is 0. The lowest BCUT2D eigenvalue weighted by Crippen LogP contribution is -2.36. The molecule has 1 aliphatic heterocycles. The second kappa shape index (κ2) is 6.74. The lowest BCUT2D eigenvalue weighted by Gasteiger charge is -2.28. The standard InChI is InChI=1S/C15H21N3O3/c1-3-4-18-14(19)12(9-16)11(2)13(15(18)20)10-17-5-7-21-8-6-17/h20H,3-8,10H2,1-2H3. The highest BCUT2D eigenvalue weighted by Crippen LogP contribution is 2.24. The van der Waals surface area contributed by atoms with Crippen LogP contribution in [-0.4, -0.2) is 40.9 Å². The molecule has 0 atom stereocenters. The van der Waals surface area contributed by atoms with Crippen LogP contribution >= 0.6 is 0 Å². The van der Waals surface area contributed by atoms with Crippen molar-refractivity contribution in [1.82, 2.24) is 9.47 Å². The molecule has 0 aliphatic carbocycles. The molecular weight excluding hydrogens is 270 g/mol. The van der Waals surface area contributed by atoms with Gasteiger partial charge in [0.15, 0.2) is 5.88 Å². The van der Waals surface area contributed by atoms with E-state index in [9.17, 15) is 15.2 Å². The van der Waals surface area contributed by atoms with Gasteiger partial charge in [-0.25, -0.2) is 0 Å². The number of ether oxygens (including phenoxy) is 1. The predicted molar refractivity (Wildman–Crippen MR) is 78.2 cm³/mol. The summed E-state index contributed by atoms with van der Waals surface area (Å²) in [5, 5.41) is 19.7. The maximum Gasteiger partial charge on any atom is 0.271 e. The molecule has 0 saturated carbocycles. The number of morpholine rings is 1. The smallest absolute Gasteiger partial charge is 0.271 e. The summed E-state index contributed by atoms with van der Waals surface area (Å²) in [5.41, 5.74) is 0.977. The van der Waals surface area contributed by atoms with E-state index in [1.807, 2.05) is 13.0 Å². The lowest BCUT2D eigenvalue weighted by molar-refractivity contribution is 0.0336. The number of nitrogens with zero attached hydrogens (tertiary/aromatic N) is 3. The van der Waals surface area contributed by atoms with Crippen molar-refractivity contribution in [2.75, 3.05) is 26.3 Å². The van der Waals surface area contributed by atoms with Gasteiger partial charge in [0.25, 0.3) is 5.56 Å². The highest BCUT2D eigenvalue weighted by Gasteiger charge is 2.21. The van der Waals surface area contributed by atoms with Gasteiger partial charge >= 0.3 is 0 Å². The fraction of sp³-hybridized carbons (Fsp3) is 0.600. The molecule has 1 fully saturated rings. The lowest BCUT2D eigenvalue weighted by atomic mass is 10.0. The van der Waals surface area contributed by atoms with Crippen LogP contribution in [0.25, 0.3) is 0 Å². The zero-order valence-electron chi connectivity index (χ0n) is 12.6. The Morgan fingerprint density at radius 3 is 2.62 bits per heavy atom. The molecule has 6 nitrogen and oxygen atoms in total. The van der Waals surface area contributed by atoms with Crippen molar-refractivity contribution in [1.29, 1.82) is 5.26 Å². The van der Waals surface area contributed by atoms with Gasteiger partial charge in [-0.1, -0.05) is 6.92 Å². The maximum absolute atomic E-state index is 12.2. The van der Waals surface area contributed by atoms with Crippen molar-refractivity contribution in [2.45, 2.75) is 33.4 Å². The summed E-state index contributed by atoms with van der Waals surface area (Å²) >= 11 is 0. The molecule has 0 radical (unpaired) electrons. The number of aromatic hydroxyl groups is 1. The van der Waals surface area contributed by atoms with E-state index in [1.54, 1.807) is 6.92 Å². The van der Waals surface area contributed by atoms with Crippen molar-refractivity contribution in [3.05, 3.63) is 27.0 Å². The highest BCUT2D eigenvalue weighted by atomic mass is 16.5. The molecule has 2 heterocycles. The predicted octanol–water partition coefficient (Wildman–Crippen LogP) is 0.976. The van der Waals surface area contributed by atoms with Gasteiger partial charge < -0.3 is 9.84 Å². The molecule has 6 heteroatoms. The van der Waals surface area contributed by atoms with E-state index in [1.165, 1.54) is 4.57 Å². The maximum atomic E-state index is 12.2. The minimum absolute atomic E-state index is 0.00941. The fourth-order valence-corrected chi connectivity index (χ4v) is 2.61. The van der Waals surface area contributed by atoms with Crippen LogP contribution in [0.2, 0.25) is 0 Å². The van der Waals surface area contributed by atoms with Crippen molar-refractivity contribution in [2.24, 2.45) is 0 Å². The number of hydrogen-bond acceptors (Lipinski definition) is 5. The van der Waals surface area contributed by atoms with E-state index in [2.05, 4.69) is 4.90 Å². The van der Waals surface area contributed by atoms with Gasteiger partial charge in [0.1, 0.15) is 11.6 Å². The summed E-state index contributed by atoms with van der Waals surface area (Å²) in [4.78, 5) is 14.4. The first-order valence-corrected chi connectivity index (χ1v) is 7.25. The highest BCUT2D eigenvalue weighted by molar-refractivity contribution is 5.45. The summed E-state index contributed by atoms with van der Waals surface area (Å²) in [5.74, 6) is -0.00941. The molecule has 1 saturated heterocycles. The molecule has 1 aromatic rings. The van der Waals surface area contributed by atoms with Gasteiger partial charge in [0.2, 0.25) is 0 Å². The number of nitriles is 1. The van der Waals surface area contributed by atoms with E-state index < -0.39 is 5.56 Å². The van der Waals surface area contributed by atoms with E-state index in [4.69, 9.17) is 4.74 Å². The molecule has 1 N–H and O–H groups in total. The Balaban J connectivity index is 2.46. The van der Waals surface area contributed by atoms with Crippen LogP contribution < -0.4 is 5.56 Å². The molecule has 1 aliphatic rings.